The molecule has 0 atom stereocenters. The highest BCUT2D eigenvalue weighted by atomic mass is 16.2. The average Bonchev–Trinajstić information content (AvgIpc) is 2.93. The van der Waals surface area contributed by atoms with Crippen LogP contribution in [0, 0.1) is 0 Å². The van der Waals surface area contributed by atoms with Crippen molar-refractivity contribution >= 4 is 5.91 Å². The van der Waals surface area contributed by atoms with Crippen LogP contribution < -0.4 is 5.32 Å². The number of tetrazole rings is 1. The monoisotopic (exact) mass is 250 g/mol. The first kappa shape index (κ1) is 11.6. The van der Waals surface area contributed by atoms with Gasteiger partial charge in [-0.25, -0.2) is 0 Å². The van der Waals surface area contributed by atoms with Gasteiger partial charge in [0, 0.05) is 19.6 Å². The molecule has 18 heavy (non-hydrogen) atoms. The molecule has 98 valence electrons. The number of hydrogen-bond donors (Lipinski definition) is 2. The van der Waals surface area contributed by atoms with E-state index in [0.29, 0.717) is 0 Å². The number of nitrogens with one attached hydrogen (secondary N) is 2. The van der Waals surface area contributed by atoms with Crippen molar-refractivity contribution in [1.29, 1.82) is 0 Å². The van der Waals surface area contributed by atoms with Crippen LogP contribution in [-0.4, -0.2) is 56.6 Å². The third kappa shape index (κ3) is 1.88. The van der Waals surface area contributed by atoms with Gasteiger partial charge in [-0.2, -0.15) is 5.21 Å². The highest BCUT2D eigenvalue weighted by Crippen LogP contribution is 2.35. The van der Waals surface area contributed by atoms with Crippen LogP contribution in [0.3, 0.4) is 0 Å². The summed E-state index contributed by atoms with van der Waals surface area (Å²) in [5, 5.41) is 16.9. The average molecular weight is 250 g/mol. The number of rotatable bonds is 1. The molecule has 0 aromatic carbocycles. The molecule has 1 aliphatic carbocycles. The summed E-state index contributed by atoms with van der Waals surface area (Å²) in [6.45, 7) is 2.45. The minimum absolute atomic E-state index is 0.0335. The second kappa shape index (κ2) is 4.64. The van der Waals surface area contributed by atoms with E-state index >= 15 is 0 Å². The lowest BCUT2D eigenvalue weighted by atomic mass is 9.79. The molecule has 0 bridgehead atoms. The number of carbonyl (C=O) groups excluding carboxylic acids is 1. The fraction of sp³-hybridized carbons (Fsp3) is 0.818. The first-order valence-electron chi connectivity index (χ1n) is 6.58. The van der Waals surface area contributed by atoms with Crippen molar-refractivity contribution in [3.8, 4) is 0 Å². The van der Waals surface area contributed by atoms with E-state index in [1.165, 1.54) is 19.3 Å². The molecule has 0 unspecified atom stereocenters. The van der Waals surface area contributed by atoms with E-state index < -0.39 is 0 Å². The van der Waals surface area contributed by atoms with Gasteiger partial charge in [-0.1, -0.05) is 19.3 Å². The summed E-state index contributed by atoms with van der Waals surface area (Å²) < 4.78 is 0. The lowest BCUT2D eigenvalue weighted by Crippen LogP contribution is -2.63. The Bertz CT molecular complexity index is 403. The van der Waals surface area contributed by atoms with Gasteiger partial charge in [-0.15, -0.1) is 10.2 Å². The Morgan fingerprint density at radius 3 is 2.83 bits per heavy atom. The van der Waals surface area contributed by atoms with Crippen molar-refractivity contribution in [3.05, 3.63) is 5.82 Å². The molecular formula is C11H18N6O. The smallest absolute Gasteiger partial charge is 0.296 e. The Hall–Kier alpha value is -1.50. The molecule has 1 aromatic rings. The van der Waals surface area contributed by atoms with Gasteiger partial charge in [0.1, 0.15) is 0 Å². The molecule has 7 nitrogen and oxygen atoms in total. The summed E-state index contributed by atoms with van der Waals surface area (Å²) in [5.74, 6) is 0.0917. The molecule has 2 N–H and O–H groups in total. The third-order valence-electron chi connectivity index (χ3n) is 4.10. The lowest BCUT2D eigenvalue weighted by Gasteiger charge is -2.49. The molecule has 1 saturated heterocycles. The van der Waals surface area contributed by atoms with Crippen molar-refractivity contribution in [3.63, 3.8) is 0 Å². The van der Waals surface area contributed by atoms with Crippen LogP contribution >= 0.6 is 0 Å². The molecule has 1 aliphatic heterocycles. The van der Waals surface area contributed by atoms with E-state index in [4.69, 9.17) is 0 Å². The van der Waals surface area contributed by atoms with Gasteiger partial charge < -0.3 is 10.2 Å². The van der Waals surface area contributed by atoms with Crippen molar-refractivity contribution in [2.45, 2.75) is 37.6 Å². The highest BCUT2D eigenvalue weighted by molar-refractivity contribution is 5.90. The maximum Gasteiger partial charge on any atom is 0.296 e. The standard InChI is InChI=1S/C11H18N6O/c18-10(9-13-15-16-14-9)17-7-6-12-8-11(17)4-2-1-3-5-11/h12H,1-8H2,(H,13,14,15,16). The normalized spacial score (nSPS) is 23.2. The van der Waals surface area contributed by atoms with Gasteiger partial charge in [0.2, 0.25) is 0 Å². The van der Waals surface area contributed by atoms with Crippen LogP contribution in [-0.2, 0) is 0 Å². The number of amides is 1. The molecule has 1 saturated carbocycles. The van der Waals surface area contributed by atoms with E-state index in [1.807, 2.05) is 4.90 Å². The van der Waals surface area contributed by atoms with E-state index in [0.717, 1.165) is 32.5 Å². The number of aromatic nitrogens is 4. The van der Waals surface area contributed by atoms with Crippen LogP contribution in [0.5, 0.6) is 0 Å². The molecule has 2 aliphatic rings. The first-order valence-corrected chi connectivity index (χ1v) is 6.58. The minimum atomic E-state index is -0.0906. The lowest BCUT2D eigenvalue weighted by molar-refractivity contribution is 0.0212. The van der Waals surface area contributed by atoms with Crippen molar-refractivity contribution in [2.24, 2.45) is 0 Å². The predicted octanol–water partition coefficient (Wildman–Crippen LogP) is -0.0520. The molecule has 7 heteroatoms. The number of carbonyl (C=O) groups is 1. The van der Waals surface area contributed by atoms with E-state index in [9.17, 15) is 4.79 Å². The Kier molecular flexibility index (Phi) is 2.99. The summed E-state index contributed by atoms with van der Waals surface area (Å²) in [5.41, 5.74) is -0.0335. The maximum atomic E-state index is 12.4. The quantitative estimate of drug-likeness (QED) is 0.729. The predicted molar refractivity (Wildman–Crippen MR) is 63.9 cm³/mol. The van der Waals surface area contributed by atoms with Crippen LogP contribution in [0.15, 0.2) is 0 Å². The molecule has 1 amide bonds. The van der Waals surface area contributed by atoms with E-state index in [-0.39, 0.29) is 17.3 Å². The summed E-state index contributed by atoms with van der Waals surface area (Å²) in [4.78, 5) is 14.4. The zero-order valence-corrected chi connectivity index (χ0v) is 10.4. The fourth-order valence-corrected chi connectivity index (χ4v) is 3.19. The largest absolute Gasteiger partial charge is 0.328 e. The van der Waals surface area contributed by atoms with E-state index in [1.54, 1.807) is 0 Å². The molecule has 0 radical (unpaired) electrons. The summed E-state index contributed by atoms with van der Waals surface area (Å²) in [7, 11) is 0. The first-order chi connectivity index (χ1) is 8.82. The van der Waals surface area contributed by atoms with Gasteiger partial charge in [-0.3, -0.25) is 4.79 Å². The highest BCUT2D eigenvalue weighted by Gasteiger charge is 2.43. The van der Waals surface area contributed by atoms with Gasteiger partial charge >= 0.3 is 0 Å². The van der Waals surface area contributed by atoms with Crippen molar-refractivity contribution < 1.29 is 4.79 Å². The summed E-state index contributed by atoms with van der Waals surface area (Å²) in [6, 6.07) is 0. The van der Waals surface area contributed by atoms with E-state index in [2.05, 4.69) is 25.9 Å². The molecule has 1 spiro atoms. The third-order valence-corrected chi connectivity index (χ3v) is 4.10. The number of aromatic amines is 1. The Morgan fingerprint density at radius 1 is 1.28 bits per heavy atom. The maximum absolute atomic E-state index is 12.4. The number of hydrogen-bond acceptors (Lipinski definition) is 5. The van der Waals surface area contributed by atoms with Crippen LogP contribution in [0.4, 0.5) is 0 Å². The second-order valence-electron chi connectivity index (χ2n) is 5.15. The topological polar surface area (TPSA) is 86.8 Å². The van der Waals surface area contributed by atoms with Crippen LogP contribution in [0.2, 0.25) is 0 Å². The number of nitrogens with zero attached hydrogens (tertiary/aromatic N) is 4. The molecule has 2 fully saturated rings. The van der Waals surface area contributed by atoms with Gasteiger partial charge in [0.05, 0.1) is 5.54 Å². The zero-order chi connectivity index (χ0) is 12.4. The van der Waals surface area contributed by atoms with Gasteiger partial charge in [0.25, 0.3) is 11.7 Å². The summed E-state index contributed by atoms with van der Waals surface area (Å²) in [6.07, 6.45) is 5.80. The van der Waals surface area contributed by atoms with Crippen molar-refractivity contribution in [1.82, 2.24) is 30.8 Å². The summed E-state index contributed by atoms with van der Waals surface area (Å²) >= 11 is 0. The molecule has 1 aromatic heterocycles. The van der Waals surface area contributed by atoms with Crippen LogP contribution in [0.25, 0.3) is 0 Å². The van der Waals surface area contributed by atoms with Crippen LogP contribution in [0.1, 0.15) is 42.7 Å². The number of piperazine rings is 1. The second-order valence-corrected chi connectivity index (χ2v) is 5.15. The molecule has 2 heterocycles. The number of H-pyrrole nitrogens is 1. The van der Waals surface area contributed by atoms with Gasteiger partial charge in [0.15, 0.2) is 0 Å². The van der Waals surface area contributed by atoms with Gasteiger partial charge in [-0.05, 0) is 18.1 Å². The Labute approximate surface area is 105 Å². The Balaban J connectivity index is 1.85. The fourth-order valence-electron chi connectivity index (χ4n) is 3.19. The zero-order valence-electron chi connectivity index (χ0n) is 10.4. The van der Waals surface area contributed by atoms with Crippen molar-refractivity contribution in [2.75, 3.05) is 19.6 Å². The SMILES string of the molecule is O=C(c1nn[nH]n1)N1CCNCC12CCCCC2. The Morgan fingerprint density at radius 2 is 2.11 bits per heavy atom. The molecule has 3 rings (SSSR count). The molecular weight excluding hydrogens is 232 g/mol. The minimum Gasteiger partial charge on any atom is -0.328 e.